The molecular formula is C18H13ClF2N4OS. The van der Waals surface area contributed by atoms with Gasteiger partial charge in [-0.05, 0) is 30.8 Å². The highest BCUT2D eigenvalue weighted by atomic mass is 35.5. The summed E-state index contributed by atoms with van der Waals surface area (Å²) in [5, 5.41) is -0.0938. The van der Waals surface area contributed by atoms with Crippen LogP contribution in [-0.4, -0.2) is 25.0 Å². The van der Waals surface area contributed by atoms with E-state index >= 15 is 0 Å². The van der Waals surface area contributed by atoms with Crippen LogP contribution in [0.4, 0.5) is 8.78 Å². The third-order valence-electron chi connectivity index (χ3n) is 5.61. The van der Waals surface area contributed by atoms with Crippen LogP contribution in [0.25, 0.3) is 0 Å². The second kappa shape index (κ2) is 5.59. The molecule has 1 N–H and O–H groups in total. The van der Waals surface area contributed by atoms with Crippen LogP contribution in [-0.2, 0) is 18.4 Å². The summed E-state index contributed by atoms with van der Waals surface area (Å²) in [4.78, 5) is 19.4. The minimum atomic E-state index is -0.712. The molecule has 0 saturated heterocycles. The number of carbonyl (C=O) groups excluding carboxylic acids is 1. The molecule has 138 valence electrons. The molecule has 1 saturated carbocycles. The molecule has 1 fully saturated rings. The monoisotopic (exact) mass is 406 g/mol. The Balaban J connectivity index is 1.54. The molecule has 2 aliphatic rings. The van der Waals surface area contributed by atoms with Gasteiger partial charge < -0.3 is 9.55 Å². The van der Waals surface area contributed by atoms with Crippen LogP contribution >= 0.6 is 23.8 Å². The molecule has 0 unspecified atom stereocenters. The molecule has 3 aromatic rings. The first-order valence-electron chi connectivity index (χ1n) is 8.39. The summed E-state index contributed by atoms with van der Waals surface area (Å²) in [6, 6.07) is 2.42. The summed E-state index contributed by atoms with van der Waals surface area (Å²) in [5.74, 6) is -1.57. The predicted octanol–water partition coefficient (Wildman–Crippen LogP) is 4.00. The lowest BCUT2D eigenvalue weighted by atomic mass is 9.93. The minimum Gasteiger partial charge on any atom is -0.334 e. The van der Waals surface area contributed by atoms with Crippen molar-refractivity contribution in [1.82, 2.24) is 19.1 Å². The molecular weight excluding hydrogens is 394 g/mol. The summed E-state index contributed by atoms with van der Waals surface area (Å²) in [5.41, 5.74) is 0.868. The number of carbonyl (C=O) groups is 1. The zero-order valence-corrected chi connectivity index (χ0v) is 15.4. The lowest BCUT2D eigenvalue weighted by Crippen LogP contribution is -2.17. The molecule has 2 aromatic heterocycles. The molecule has 0 amide bonds. The van der Waals surface area contributed by atoms with E-state index in [1.807, 2.05) is 4.57 Å². The van der Waals surface area contributed by atoms with Crippen molar-refractivity contribution >= 4 is 29.7 Å². The van der Waals surface area contributed by atoms with Gasteiger partial charge in [0.05, 0.1) is 11.4 Å². The number of imidazole rings is 2. The third kappa shape index (κ3) is 2.29. The topological polar surface area (TPSA) is 55.6 Å². The van der Waals surface area contributed by atoms with Gasteiger partial charge in [-0.15, -0.1) is 0 Å². The van der Waals surface area contributed by atoms with Gasteiger partial charge in [-0.1, -0.05) is 11.6 Å². The van der Waals surface area contributed by atoms with Crippen molar-refractivity contribution in [2.75, 3.05) is 0 Å². The highest BCUT2D eigenvalue weighted by molar-refractivity contribution is 7.71. The van der Waals surface area contributed by atoms with Crippen molar-refractivity contribution in [3.63, 3.8) is 0 Å². The SMILES string of the molecule is O=C(Cc1[nH]c(=S)n2c1[C@@H]1C[C@]1(c1c(F)ccc(Cl)c1F)C2)n1ccnc1. The quantitative estimate of drug-likeness (QED) is 0.528. The standard InChI is InChI=1S/C18H13ClF2N4OS/c19-10-1-2-11(20)14(15(10)21)18-6-9(18)16-12(23-17(27)25(16)7-18)5-13(26)24-4-3-22-8-24/h1-4,8-9H,5-7H2,(H,23,27)/t9-,18-/m0/s1. The number of fused-ring (bicyclic) bond motifs is 3. The molecule has 1 aliphatic heterocycles. The summed E-state index contributed by atoms with van der Waals surface area (Å²) >= 11 is 11.3. The maximum atomic E-state index is 14.6. The van der Waals surface area contributed by atoms with E-state index in [1.165, 1.54) is 29.2 Å². The van der Waals surface area contributed by atoms with E-state index in [0.29, 0.717) is 23.4 Å². The fraction of sp³-hybridized carbons (Fsp3) is 0.278. The summed E-state index contributed by atoms with van der Waals surface area (Å²) in [6.45, 7) is 0.371. The zero-order valence-electron chi connectivity index (χ0n) is 13.9. The molecule has 2 atom stereocenters. The van der Waals surface area contributed by atoms with Gasteiger partial charge in [0.2, 0.25) is 5.91 Å². The Labute approximate surface area is 162 Å². The van der Waals surface area contributed by atoms with Gasteiger partial charge in [0, 0.05) is 47.2 Å². The molecule has 1 aromatic carbocycles. The molecule has 0 radical (unpaired) electrons. The molecule has 0 spiro atoms. The van der Waals surface area contributed by atoms with Crippen LogP contribution in [0.3, 0.4) is 0 Å². The molecule has 9 heteroatoms. The van der Waals surface area contributed by atoms with E-state index in [2.05, 4.69) is 9.97 Å². The van der Waals surface area contributed by atoms with Crippen molar-refractivity contribution in [2.45, 2.75) is 30.7 Å². The number of aromatic amines is 1. The van der Waals surface area contributed by atoms with Crippen LogP contribution in [0.5, 0.6) is 0 Å². The lowest BCUT2D eigenvalue weighted by molar-refractivity contribution is 0.0912. The fourth-order valence-electron chi connectivity index (χ4n) is 4.33. The highest BCUT2D eigenvalue weighted by Crippen LogP contribution is 2.67. The number of aromatic nitrogens is 4. The van der Waals surface area contributed by atoms with Gasteiger partial charge in [-0.2, -0.15) is 0 Å². The first-order chi connectivity index (χ1) is 12.9. The number of nitrogens with zero attached hydrogens (tertiary/aromatic N) is 3. The maximum Gasteiger partial charge on any atom is 0.237 e. The Bertz CT molecular complexity index is 1150. The number of benzene rings is 1. The highest BCUT2D eigenvalue weighted by Gasteiger charge is 2.64. The average Bonchev–Trinajstić information content (AvgIpc) is 3.00. The fourth-order valence-corrected chi connectivity index (χ4v) is 4.78. The van der Waals surface area contributed by atoms with Gasteiger partial charge in [-0.3, -0.25) is 9.36 Å². The van der Waals surface area contributed by atoms with Crippen molar-refractivity contribution in [2.24, 2.45) is 0 Å². The Morgan fingerprint density at radius 1 is 1.44 bits per heavy atom. The molecule has 5 rings (SSSR count). The van der Waals surface area contributed by atoms with Crippen molar-refractivity contribution < 1.29 is 13.6 Å². The average molecular weight is 407 g/mol. The van der Waals surface area contributed by atoms with Crippen LogP contribution in [0.15, 0.2) is 30.9 Å². The van der Waals surface area contributed by atoms with E-state index in [4.69, 9.17) is 23.8 Å². The lowest BCUT2D eigenvalue weighted by Gasteiger charge is -2.16. The van der Waals surface area contributed by atoms with Gasteiger partial charge in [0.15, 0.2) is 4.77 Å². The zero-order chi connectivity index (χ0) is 18.9. The molecule has 27 heavy (non-hydrogen) atoms. The normalized spacial score (nSPS) is 22.6. The Kier molecular flexibility index (Phi) is 3.48. The van der Waals surface area contributed by atoms with E-state index in [9.17, 15) is 13.6 Å². The van der Waals surface area contributed by atoms with E-state index in [0.717, 1.165) is 5.69 Å². The van der Waals surface area contributed by atoms with E-state index in [-0.39, 0.29) is 28.8 Å². The summed E-state index contributed by atoms with van der Waals surface area (Å²) in [6.07, 6.45) is 5.24. The van der Waals surface area contributed by atoms with Gasteiger partial charge in [-0.25, -0.2) is 13.8 Å². The number of nitrogens with one attached hydrogen (secondary N) is 1. The van der Waals surface area contributed by atoms with Crippen LogP contribution in [0.2, 0.25) is 5.02 Å². The van der Waals surface area contributed by atoms with Crippen LogP contribution in [0, 0.1) is 16.4 Å². The second-order valence-corrected chi connectivity index (χ2v) is 7.85. The van der Waals surface area contributed by atoms with E-state index in [1.54, 1.807) is 6.20 Å². The number of rotatable bonds is 3. The minimum absolute atomic E-state index is 0.0185. The van der Waals surface area contributed by atoms with Gasteiger partial charge in [0.1, 0.15) is 18.0 Å². The van der Waals surface area contributed by atoms with Crippen LogP contribution in [0.1, 0.15) is 34.1 Å². The smallest absolute Gasteiger partial charge is 0.237 e. The Hall–Kier alpha value is -2.32. The van der Waals surface area contributed by atoms with Gasteiger partial charge >= 0.3 is 0 Å². The number of hydrogen-bond acceptors (Lipinski definition) is 3. The first kappa shape index (κ1) is 16.8. The third-order valence-corrected chi connectivity index (χ3v) is 6.23. The van der Waals surface area contributed by atoms with Crippen LogP contribution < -0.4 is 0 Å². The first-order valence-corrected chi connectivity index (χ1v) is 9.18. The second-order valence-electron chi connectivity index (χ2n) is 7.05. The molecule has 5 nitrogen and oxygen atoms in total. The predicted molar refractivity (Wildman–Crippen MR) is 96.6 cm³/mol. The van der Waals surface area contributed by atoms with Crippen molar-refractivity contribution in [3.05, 3.63) is 69.2 Å². The van der Waals surface area contributed by atoms with Crippen molar-refractivity contribution in [1.29, 1.82) is 0 Å². The molecule has 1 aliphatic carbocycles. The summed E-state index contributed by atoms with van der Waals surface area (Å²) < 4.78 is 32.8. The van der Waals surface area contributed by atoms with Crippen molar-refractivity contribution in [3.8, 4) is 0 Å². The summed E-state index contributed by atoms with van der Waals surface area (Å²) in [7, 11) is 0. The maximum absolute atomic E-state index is 14.6. The number of H-pyrrole nitrogens is 1. The Morgan fingerprint density at radius 3 is 3.00 bits per heavy atom. The molecule has 0 bridgehead atoms. The van der Waals surface area contributed by atoms with Gasteiger partial charge in [0.25, 0.3) is 0 Å². The van der Waals surface area contributed by atoms with E-state index < -0.39 is 17.0 Å². The largest absolute Gasteiger partial charge is 0.334 e. The number of hydrogen-bond donors (Lipinski definition) is 1. The number of halogens is 3. The Morgan fingerprint density at radius 2 is 2.26 bits per heavy atom. The molecule has 3 heterocycles.